The first-order valence-electron chi connectivity index (χ1n) is 5.34. The first kappa shape index (κ1) is 13.0. The minimum Gasteiger partial charge on any atom is -0.444 e. The van der Waals surface area contributed by atoms with Crippen LogP contribution in [-0.2, 0) is 14.3 Å². The lowest BCUT2D eigenvalue weighted by Gasteiger charge is -2.37. The van der Waals surface area contributed by atoms with E-state index in [0.29, 0.717) is 13.2 Å². The molecule has 1 aliphatic heterocycles. The molecule has 0 saturated carbocycles. The first-order valence-corrected chi connectivity index (χ1v) is 5.34. The zero-order valence-electron chi connectivity index (χ0n) is 10.3. The summed E-state index contributed by atoms with van der Waals surface area (Å²) in [5.74, 6) is 0. The van der Waals surface area contributed by atoms with Gasteiger partial charge in [-0.15, -0.1) is 0 Å². The van der Waals surface area contributed by atoms with Gasteiger partial charge in [-0.2, -0.15) is 0 Å². The largest absolute Gasteiger partial charge is 0.444 e. The van der Waals surface area contributed by atoms with Crippen LogP contribution < -0.4 is 0 Å². The number of carbonyl (C=O) groups excluding carboxylic acids is 2. The van der Waals surface area contributed by atoms with Gasteiger partial charge in [0.25, 0.3) is 0 Å². The minimum atomic E-state index is -0.908. The molecule has 1 heterocycles. The fraction of sp³-hybridized carbons (Fsp3) is 0.818. The highest BCUT2D eigenvalue weighted by Crippen LogP contribution is 2.18. The Morgan fingerprint density at radius 3 is 2.62 bits per heavy atom. The maximum absolute atomic E-state index is 11.7. The van der Waals surface area contributed by atoms with Crippen LogP contribution in [0.25, 0.3) is 0 Å². The summed E-state index contributed by atoms with van der Waals surface area (Å²) in [5, 5.41) is 0. The Morgan fingerprint density at radius 1 is 1.50 bits per heavy atom. The molecule has 0 aromatic carbocycles. The zero-order chi connectivity index (χ0) is 12.4. The number of hydrogen-bond donors (Lipinski definition) is 0. The quantitative estimate of drug-likeness (QED) is 0.634. The van der Waals surface area contributed by atoms with Gasteiger partial charge < -0.3 is 19.2 Å². The SMILES string of the molecule is CC(C)(C)OC(=O)N1CCO[C@](C)(C=O)C1. The number of nitrogens with zero attached hydrogens (tertiary/aromatic N) is 1. The highest BCUT2D eigenvalue weighted by molar-refractivity contribution is 5.70. The van der Waals surface area contributed by atoms with Gasteiger partial charge in [0.15, 0.2) is 6.29 Å². The predicted molar refractivity (Wildman–Crippen MR) is 58.2 cm³/mol. The van der Waals surface area contributed by atoms with Gasteiger partial charge in [0.2, 0.25) is 0 Å². The van der Waals surface area contributed by atoms with Crippen molar-refractivity contribution in [2.24, 2.45) is 0 Å². The summed E-state index contributed by atoms with van der Waals surface area (Å²) in [5.41, 5.74) is -1.43. The molecule has 1 saturated heterocycles. The van der Waals surface area contributed by atoms with Crippen molar-refractivity contribution in [1.82, 2.24) is 4.90 Å². The zero-order valence-corrected chi connectivity index (χ0v) is 10.3. The molecule has 0 bridgehead atoms. The average Bonchev–Trinajstić information content (AvgIpc) is 2.15. The number of amides is 1. The van der Waals surface area contributed by atoms with Crippen LogP contribution in [0.15, 0.2) is 0 Å². The second-order valence-corrected chi connectivity index (χ2v) is 5.18. The van der Waals surface area contributed by atoms with Crippen molar-refractivity contribution in [2.45, 2.75) is 38.9 Å². The van der Waals surface area contributed by atoms with Gasteiger partial charge in [-0.05, 0) is 27.7 Å². The summed E-state index contributed by atoms with van der Waals surface area (Å²) in [6.45, 7) is 8.15. The molecule has 5 nitrogen and oxygen atoms in total. The van der Waals surface area contributed by atoms with E-state index in [1.54, 1.807) is 6.92 Å². The number of carbonyl (C=O) groups is 2. The molecule has 0 aromatic heterocycles. The van der Waals surface area contributed by atoms with Crippen molar-refractivity contribution in [3.05, 3.63) is 0 Å². The van der Waals surface area contributed by atoms with Crippen LogP contribution in [0.3, 0.4) is 0 Å². The number of morpholine rings is 1. The van der Waals surface area contributed by atoms with Crippen LogP contribution in [0.4, 0.5) is 4.79 Å². The molecule has 0 N–H and O–H groups in total. The summed E-state index contributed by atoms with van der Waals surface area (Å²) in [6.07, 6.45) is 0.327. The maximum Gasteiger partial charge on any atom is 0.410 e. The van der Waals surface area contributed by atoms with E-state index in [-0.39, 0.29) is 6.54 Å². The van der Waals surface area contributed by atoms with Gasteiger partial charge in [-0.1, -0.05) is 0 Å². The number of ether oxygens (including phenoxy) is 2. The molecule has 1 fully saturated rings. The Hall–Kier alpha value is -1.10. The fourth-order valence-electron chi connectivity index (χ4n) is 1.45. The van der Waals surface area contributed by atoms with E-state index in [4.69, 9.17) is 9.47 Å². The molecular formula is C11H19NO4. The second kappa shape index (κ2) is 4.41. The highest BCUT2D eigenvalue weighted by atomic mass is 16.6. The van der Waals surface area contributed by atoms with Crippen molar-refractivity contribution in [3.63, 3.8) is 0 Å². The molecule has 0 radical (unpaired) electrons. The van der Waals surface area contributed by atoms with E-state index in [9.17, 15) is 9.59 Å². The van der Waals surface area contributed by atoms with Crippen LogP contribution in [0.2, 0.25) is 0 Å². The fourth-order valence-corrected chi connectivity index (χ4v) is 1.45. The van der Waals surface area contributed by atoms with Crippen molar-refractivity contribution < 1.29 is 19.1 Å². The first-order chi connectivity index (χ1) is 7.26. The van der Waals surface area contributed by atoms with Crippen molar-refractivity contribution in [2.75, 3.05) is 19.7 Å². The average molecular weight is 229 g/mol. The van der Waals surface area contributed by atoms with Gasteiger partial charge in [-0.25, -0.2) is 4.79 Å². The Morgan fingerprint density at radius 2 is 2.12 bits per heavy atom. The number of rotatable bonds is 1. The van der Waals surface area contributed by atoms with Gasteiger partial charge in [0.1, 0.15) is 11.2 Å². The molecule has 1 amide bonds. The van der Waals surface area contributed by atoms with Gasteiger partial charge in [0, 0.05) is 6.54 Å². The van der Waals surface area contributed by atoms with E-state index in [2.05, 4.69) is 0 Å². The van der Waals surface area contributed by atoms with Crippen molar-refractivity contribution in [3.8, 4) is 0 Å². The van der Waals surface area contributed by atoms with E-state index >= 15 is 0 Å². The van der Waals surface area contributed by atoms with Gasteiger partial charge >= 0.3 is 6.09 Å². The molecule has 1 atom stereocenters. The third-order valence-corrected chi connectivity index (χ3v) is 2.20. The Kier molecular flexibility index (Phi) is 3.57. The minimum absolute atomic E-state index is 0.241. The molecule has 16 heavy (non-hydrogen) atoms. The lowest BCUT2D eigenvalue weighted by atomic mass is 10.1. The lowest BCUT2D eigenvalue weighted by Crippen LogP contribution is -2.53. The molecule has 1 aliphatic rings. The molecule has 1 rings (SSSR count). The second-order valence-electron chi connectivity index (χ2n) is 5.18. The van der Waals surface area contributed by atoms with Crippen LogP contribution in [0.1, 0.15) is 27.7 Å². The van der Waals surface area contributed by atoms with Gasteiger partial charge in [0.05, 0.1) is 13.2 Å². The molecule has 0 aromatic rings. The van der Waals surface area contributed by atoms with E-state index in [1.807, 2.05) is 20.8 Å². The van der Waals surface area contributed by atoms with Crippen LogP contribution in [-0.4, -0.2) is 48.2 Å². The van der Waals surface area contributed by atoms with Crippen molar-refractivity contribution in [1.29, 1.82) is 0 Å². The topological polar surface area (TPSA) is 55.8 Å². The van der Waals surface area contributed by atoms with E-state index < -0.39 is 17.3 Å². The highest BCUT2D eigenvalue weighted by Gasteiger charge is 2.35. The summed E-state index contributed by atoms with van der Waals surface area (Å²) in [6, 6.07) is 0. The third kappa shape index (κ3) is 3.48. The molecule has 0 unspecified atom stereocenters. The number of aldehydes is 1. The monoisotopic (exact) mass is 229 g/mol. The summed E-state index contributed by atoms with van der Waals surface area (Å²) in [4.78, 5) is 24.1. The van der Waals surface area contributed by atoms with Crippen LogP contribution >= 0.6 is 0 Å². The predicted octanol–water partition coefficient (Wildman–Crippen LogP) is 1.21. The lowest BCUT2D eigenvalue weighted by molar-refractivity contribution is -0.139. The van der Waals surface area contributed by atoms with E-state index in [1.165, 1.54) is 4.90 Å². The molecule has 92 valence electrons. The molecular weight excluding hydrogens is 210 g/mol. The summed E-state index contributed by atoms with van der Waals surface area (Å²) < 4.78 is 10.5. The third-order valence-electron chi connectivity index (χ3n) is 2.20. The normalized spacial score (nSPS) is 26.4. The van der Waals surface area contributed by atoms with Crippen LogP contribution in [0.5, 0.6) is 0 Å². The molecule has 0 aliphatic carbocycles. The Bertz CT molecular complexity index is 284. The van der Waals surface area contributed by atoms with E-state index in [0.717, 1.165) is 6.29 Å². The summed E-state index contributed by atoms with van der Waals surface area (Å²) >= 11 is 0. The molecule has 5 heteroatoms. The standard InChI is InChI=1S/C11H19NO4/c1-10(2,3)16-9(14)12-5-6-15-11(4,7-12)8-13/h8H,5-7H2,1-4H3/t11-/m0/s1. The summed E-state index contributed by atoms with van der Waals surface area (Å²) in [7, 11) is 0. The smallest absolute Gasteiger partial charge is 0.410 e. The number of hydrogen-bond acceptors (Lipinski definition) is 4. The Balaban J connectivity index is 2.61. The molecule has 0 spiro atoms. The maximum atomic E-state index is 11.7. The van der Waals surface area contributed by atoms with Crippen molar-refractivity contribution >= 4 is 12.4 Å². The van der Waals surface area contributed by atoms with Gasteiger partial charge in [-0.3, -0.25) is 0 Å². The Labute approximate surface area is 95.7 Å². The van der Waals surface area contributed by atoms with Crippen LogP contribution in [0, 0.1) is 0 Å².